The number of hydrogen-bond donors (Lipinski definition) is 0. The zero-order valence-electron chi connectivity index (χ0n) is 8.48. The molecule has 0 aliphatic carbocycles. The molecule has 5 heteroatoms. The maximum atomic E-state index is 12.3. The molecule has 1 unspecified atom stereocenters. The molecule has 1 aromatic carbocycles. The zero-order valence-corrected chi connectivity index (χ0v) is 10.4. The number of halogens is 4. The SMILES string of the molecule is C[SiH](C)C(Cl)c1ccc(C(F)(F)F)cc1. The Morgan fingerprint density at radius 3 is 1.93 bits per heavy atom. The first kappa shape index (κ1) is 12.6. The van der Waals surface area contributed by atoms with Crippen molar-refractivity contribution in [1.29, 1.82) is 0 Å². The van der Waals surface area contributed by atoms with E-state index in [0.717, 1.165) is 17.7 Å². The second-order valence-electron chi connectivity index (χ2n) is 3.77. The fourth-order valence-corrected chi connectivity index (χ4v) is 2.38. The molecule has 15 heavy (non-hydrogen) atoms. The molecular formula is C10H12ClF3Si. The monoisotopic (exact) mass is 252 g/mol. The highest BCUT2D eigenvalue weighted by molar-refractivity contribution is 6.66. The third kappa shape index (κ3) is 3.24. The van der Waals surface area contributed by atoms with E-state index in [9.17, 15) is 13.2 Å². The van der Waals surface area contributed by atoms with E-state index < -0.39 is 20.5 Å². The summed E-state index contributed by atoms with van der Waals surface area (Å²) >= 11 is 6.09. The van der Waals surface area contributed by atoms with Gasteiger partial charge in [-0.2, -0.15) is 13.2 Å². The molecule has 0 amide bonds. The van der Waals surface area contributed by atoms with Gasteiger partial charge in [-0.05, 0) is 17.7 Å². The molecule has 0 aliphatic rings. The Bertz CT molecular complexity index is 318. The van der Waals surface area contributed by atoms with Crippen LogP contribution in [0, 0.1) is 0 Å². The average Bonchev–Trinajstić information content (AvgIpc) is 2.15. The molecule has 0 aromatic heterocycles. The number of alkyl halides is 4. The Morgan fingerprint density at radius 1 is 1.13 bits per heavy atom. The first-order valence-electron chi connectivity index (χ1n) is 4.63. The van der Waals surface area contributed by atoms with Crippen LogP contribution in [0.5, 0.6) is 0 Å². The molecule has 1 rings (SSSR count). The van der Waals surface area contributed by atoms with Crippen molar-refractivity contribution in [3.05, 3.63) is 35.4 Å². The lowest BCUT2D eigenvalue weighted by atomic mass is 10.1. The highest BCUT2D eigenvalue weighted by atomic mass is 35.5. The van der Waals surface area contributed by atoms with Gasteiger partial charge in [0.05, 0.1) is 14.4 Å². The van der Waals surface area contributed by atoms with Crippen molar-refractivity contribution in [2.75, 3.05) is 0 Å². The maximum absolute atomic E-state index is 12.3. The lowest BCUT2D eigenvalue weighted by molar-refractivity contribution is -0.137. The molecule has 0 radical (unpaired) electrons. The van der Waals surface area contributed by atoms with E-state index in [2.05, 4.69) is 13.1 Å². The van der Waals surface area contributed by atoms with E-state index in [1.807, 2.05) is 0 Å². The topological polar surface area (TPSA) is 0 Å². The highest BCUT2D eigenvalue weighted by Crippen LogP contribution is 2.31. The zero-order chi connectivity index (χ0) is 11.6. The summed E-state index contributed by atoms with van der Waals surface area (Å²) in [7, 11) is -1.06. The summed E-state index contributed by atoms with van der Waals surface area (Å²) < 4.78 is 36.8. The predicted octanol–water partition coefficient (Wildman–Crippen LogP) is 4.01. The molecule has 0 saturated carbocycles. The van der Waals surface area contributed by atoms with E-state index in [1.54, 1.807) is 0 Å². The van der Waals surface area contributed by atoms with Crippen LogP contribution in [-0.4, -0.2) is 8.80 Å². The smallest absolute Gasteiger partial charge is 0.166 e. The first-order valence-corrected chi connectivity index (χ1v) is 8.05. The molecule has 0 spiro atoms. The van der Waals surface area contributed by atoms with Crippen LogP contribution in [0.3, 0.4) is 0 Å². The summed E-state index contributed by atoms with van der Waals surface area (Å²) in [6.45, 7) is 4.13. The van der Waals surface area contributed by atoms with Crippen molar-refractivity contribution < 1.29 is 13.2 Å². The highest BCUT2D eigenvalue weighted by Gasteiger charge is 2.30. The molecule has 1 aromatic rings. The van der Waals surface area contributed by atoms with E-state index in [1.165, 1.54) is 12.1 Å². The summed E-state index contributed by atoms with van der Waals surface area (Å²) in [5.41, 5.74) is 0.159. The minimum Gasteiger partial charge on any atom is -0.166 e. The van der Waals surface area contributed by atoms with Crippen molar-refractivity contribution in [3.63, 3.8) is 0 Å². The Morgan fingerprint density at radius 2 is 1.60 bits per heavy atom. The summed E-state index contributed by atoms with van der Waals surface area (Å²) in [6.07, 6.45) is -4.27. The molecule has 0 aliphatic heterocycles. The first-order chi connectivity index (χ1) is 6.82. The van der Waals surface area contributed by atoms with E-state index in [-0.39, 0.29) is 5.00 Å². The van der Waals surface area contributed by atoms with E-state index in [0.29, 0.717) is 0 Å². The van der Waals surface area contributed by atoms with Crippen LogP contribution < -0.4 is 0 Å². The molecule has 0 heterocycles. The van der Waals surface area contributed by atoms with E-state index >= 15 is 0 Å². The lowest BCUT2D eigenvalue weighted by Gasteiger charge is -2.13. The van der Waals surface area contributed by atoms with Crippen molar-refractivity contribution in [3.8, 4) is 0 Å². The molecule has 0 fully saturated rings. The fourth-order valence-electron chi connectivity index (χ4n) is 1.24. The fraction of sp³-hybridized carbons (Fsp3) is 0.400. The lowest BCUT2D eigenvalue weighted by Crippen LogP contribution is -2.11. The van der Waals surface area contributed by atoms with Crippen LogP contribution in [0.2, 0.25) is 13.1 Å². The molecular weight excluding hydrogens is 241 g/mol. The number of benzene rings is 1. The Hall–Kier alpha value is -0.483. The van der Waals surface area contributed by atoms with Crippen LogP contribution in [0.4, 0.5) is 13.2 Å². The number of hydrogen-bond acceptors (Lipinski definition) is 0. The van der Waals surface area contributed by atoms with Gasteiger partial charge in [-0.15, -0.1) is 11.6 Å². The molecule has 0 bridgehead atoms. The van der Waals surface area contributed by atoms with E-state index in [4.69, 9.17) is 11.6 Å². The van der Waals surface area contributed by atoms with Crippen molar-refractivity contribution in [2.45, 2.75) is 24.3 Å². The van der Waals surface area contributed by atoms with Crippen LogP contribution >= 0.6 is 11.6 Å². The van der Waals surface area contributed by atoms with Crippen molar-refractivity contribution in [1.82, 2.24) is 0 Å². The normalized spacial score (nSPS) is 14.3. The Kier molecular flexibility index (Phi) is 3.84. The van der Waals surface area contributed by atoms with Gasteiger partial charge in [-0.3, -0.25) is 0 Å². The quantitative estimate of drug-likeness (QED) is 0.551. The summed E-state index contributed by atoms with van der Waals surface area (Å²) in [4.78, 5) is 0. The van der Waals surface area contributed by atoms with Gasteiger partial charge in [0.25, 0.3) is 0 Å². The predicted molar refractivity (Wildman–Crippen MR) is 58.9 cm³/mol. The van der Waals surface area contributed by atoms with Crippen LogP contribution in [0.15, 0.2) is 24.3 Å². The standard InChI is InChI=1S/C10H12ClF3Si/c1-15(2)9(11)7-3-5-8(6-4-7)10(12,13)14/h3-6,9,15H,1-2H3. The second-order valence-corrected chi connectivity index (χ2v) is 7.81. The van der Waals surface area contributed by atoms with Crippen LogP contribution in [0.25, 0.3) is 0 Å². The number of rotatable bonds is 2. The molecule has 1 atom stereocenters. The summed E-state index contributed by atoms with van der Waals surface area (Å²) in [6, 6.07) is 5.10. The van der Waals surface area contributed by atoms with Gasteiger partial charge in [0.2, 0.25) is 0 Å². The largest absolute Gasteiger partial charge is 0.416 e. The third-order valence-corrected chi connectivity index (χ3v) is 5.46. The minimum atomic E-state index is -4.27. The van der Waals surface area contributed by atoms with Gasteiger partial charge in [0.15, 0.2) is 0 Å². The summed E-state index contributed by atoms with van der Waals surface area (Å²) in [5.74, 6) is 0. The van der Waals surface area contributed by atoms with Crippen LogP contribution in [0.1, 0.15) is 16.1 Å². The second kappa shape index (κ2) is 4.57. The average molecular weight is 253 g/mol. The van der Waals surface area contributed by atoms with Gasteiger partial charge in [-0.25, -0.2) is 0 Å². The maximum Gasteiger partial charge on any atom is 0.416 e. The molecule has 0 saturated heterocycles. The molecule has 84 valence electrons. The van der Waals surface area contributed by atoms with Gasteiger partial charge >= 0.3 is 6.18 Å². The molecule has 0 nitrogen and oxygen atoms in total. The van der Waals surface area contributed by atoms with Crippen molar-refractivity contribution >= 4 is 20.4 Å². The minimum absolute atomic E-state index is 0.104. The van der Waals surface area contributed by atoms with Gasteiger partial charge in [-0.1, -0.05) is 25.2 Å². The third-order valence-electron chi connectivity index (χ3n) is 2.14. The molecule has 0 N–H and O–H groups in total. The van der Waals surface area contributed by atoms with Gasteiger partial charge in [0, 0.05) is 5.00 Å². The Labute approximate surface area is 93.7 Å². The van der Waals surface area contributed by atoms with Gasteiger partial charge in [0.1, 0.15) is 0 Å². The van der Waals surface area contributed by atoms with Crippen molar-refractivity contribution in [2.24, 2.45) is 0 Å². The Balaban J connectivity index is 2.91. The summed E-state index contributed by atoms with van der Waals surface area (Å²) in [5, 5.41) is -0.104. The van der Waals surface area contributed by atoms with Crippen LogP contribution in [-0.2, 0) is 6.18 Å². The van der Waals surface area contributed by atoms with Gasteiger partial charge < -0.3 is 0 Å².